The molecule has 0 aliphatic carbocycles. The highest BCUT2D eigenvalue weighted by atomic mass is 79.9. The molecule has 1 heterocycles. The monoisotopic (exact) mass is 397 g/mol. The molecule has 3 rings (SSSR count). The Morgan fingerprint density at radius 3 is 2.50 bits per heavy atom. The Kier molecular flexibility index (Phi) is 4.57. The Bertz CT molecular complexity index is 834. The smallest absolute Gasteiger partial charge is 0.417 e. The molecule has 2 aromatic carbocycles. The molecule has 1 aromatic heterocycles. The summed E-state index contributed by atoms with van der Waals surface area (Å²) < 4.78 is 44.1. The maximum absolute atomic E-state index is 12.9. The molecule has 0 fully saturated rings. The van der Waals surface area contributed by atoms with Crippen LogP contribution in [-0.4, -0.2) is 10.2 Å². The molecule has 4 nitrogen and oxygen atoms in total. The Labute approximate surface area is 143 Å². The van der Waals surface area contributed by atoms with Crippen molar-refractivity contribution in [3.05, 3.63) is 64.5 Å². The SMILES string of the molecule is FC(F)(F)c1cc(NCc2nnc(-c3ccccc3)o2)ccc1Br. The van der Waals surface area contributed by atoms with Crippen LogP contribution in [0, 0.1) is 0 Å². The number of benzene rings is 2. The fourth-order valence-electron chi connectivity index (χ4n) is 2.05. The van der Waals surface area contributed by atoms with Crippen LogP contribution in [-0.2, 0) is 12.7 Å². The highest BCUT2D eigenvalue weighted by Gasteiger charge is 2.33. The lowest BCUT2D eigenvalue weighted by Crippen LogP contribution is -2.07. The molecule has 0 amide bonds. The third kappa shape index (κ3) is 3.76. The summed E-state index contributed by atoms with van der Waals surface area (Å²) in [4.78, 5) is 0. The molecule has 0 aliphatic heterocycles. The fourth-order valence-corrected chi connectivity index (χ4v) is 2.52. The van der Waals surface area contributed by atoms with Gasteiger partial charge in [0.05, 0.1) is 12.1 Å². The predicted octanol–water partition coefficient (Wildman–Crippen LogP) is 5.13. The van der Waals surface area contributed by atoms with Gasteiger partial charge in [-0.05, 0) is 30.3 Å². The molecule has 0 spiro atoms. The quantitative estimate of drug-likeness (QED) is 0.662. The molecule has 24 heavy (non-hydrogen) atoms. The average molecular weight is 398 g/mol. The van der Waals surface area contributed by atoms with Crippen LogP contribution in [0.1, 0.15) is 11.5 Å². The third-order valence-corrected chi connectivity index (χ3v) is 3.89. The van der Waals surface area contributed by atoms with Crippen molar-refractivity contribution in [1.29, 1.82) is 0 Å². The Balaban J connectivity index is 1.72. The lowest BCUT2D eigenvalue weighted by atomic mass is 10.2. The first-order valence-corrected chi connectivity index (χ1v) is 7.71. The zero-order valence-corrected chi connectivity index (χ0v) is 13.7. The first kappa shape index (κ1) is 16.5. The third-order valence-electron chi connectivity index (χ3n) is 3.20. The largest absolute Gasteiger partial charge is 0.419 e. The number of anilines is 1. The van der Waals surface area contributed by atoms with E-state index in [0.717, 1.165) is 11.6 Å². The maximum atomic E-state index is 12.9. The second kappa shape index (κ2) is 6.64. The van der Waals surface area contributed by atoms with Crippen LogP contribution in [0.15, 0.2) is 57.4 Å². The molecule has 0 atom stereocenters. The summed E-state index contributed by atoms with van der Waals surface area (Å²) >= 11 is 2.90. The number of nitrogens with zero attached hydrogens (tertiary/aromatic N) is 2. The van der Waals surface area contributed by atoms with E-state index < -0.39 is 11.7 Å². The second-order valence-electron chi connectivity index (χ2n) is 4.91. The van der Waals surface area contributed by atoms with Crippen LogP contribution in [0.25, 0.3) is 11.5 Å². The van der Waals surface area contributed by atoms with Crippen LogP contribution in [0.3, 0.4) is 0 Å². The van der Waals surface area contributed by atoms with Crippen LogP contribution in [0.5, 0.6) is 0 Å². The summed E-state index contributed by atoms with van der Waals surface area (Å²) in [5.41, 5.74) is 0.340. The molecule has 0 saturated carbocycles. The summed E-state index contributed by atoms with van der Waals surface area (Å²) in [6.07, 6.45) is -4.43. The van der Waals surface area contributed by atoms with Gasteiger partial charge in [-0.1, -0.05) is 34.1 Å². The van der Waals surface area contributed by atoms with Crippen molar-refractivity contribution in [3.63, 3.8) is 0 Å². The zero-order chi connectivity index (χ0) is 17.2. The highest BCUT2D eigenvalue weighted by Crippen LogP contribution is 2.36. The van der Waals surface area contributed by atoms with E-state index in [4.69, 9.17) is 4.42 Å². The van der Waals surface area contributed by atoms with Gasteiger partial charge in [-0.15, -0.1) is 10.2 Å². The van der Waals surface area contributed by atoms with Gasteiger partial charge in [0.2, 0.25) is 11.8 Å². The first-order chi connectivity index (χ1) is 11.4. The summed E-state index contributed by atoms with van der Waals surface area (Å²) in [5, 5.41) is 10.7. The van der Waals surface area contributed by atoms with Crippen molar-refractivity contribution in [2.75, 3.05) is 5.32 Å². The molecule has 3 aromatic rings. The number of nitrogens with one attached hydrogen (secondary N) is 1. The van der Waals surface area contributed by atoms with Gasteiger partial charge in [-0.3, -0.25) is 0 Å². The topological polar surface area (TPSA) is 51.0 Å². The fraction of sp³-hybridized carbons (Fsp3) is 0.125. The molecule has 0 unspecified atom stereocenters. The van der Waals surface area contributed by atoms with Crippen LogP contribution < -0.4 is 5.32 Å². The zero-order valence-electron chi connectivity index (χ0n) is 12.1. The summed E-state index contributed by atoms with van der Waals surface area (Å²) in [6, 6.07) is 13.1. The standard InChI is InChI=1S/C16H11BrF3N3O/c17-13-7-6-11(8-12(13)16(18,19)20)21-9-14-22-23-15(24-14)10-4-2-1-3-5-10/h1-8,21H,9H2. The van der Waals surface area contributed by atoms with Gasteiger partial charge >= 0.3 is 6.18 Å². The Morgan fingerprint density at radius 1 is 1.04 bits per heavy atom. The van der Waals surface area contributed by atoms with E-state index in [-0.39, 0.29) is 16.9 Å². The molecule has 8 heteroatoms. The van der Waals surface area contributed by atoms with E-state index in [1.54, 1.807) is 0 Å². The number of hydrogen-bond acceptors (Lipinski definition) is 4. The summed E-state index contributed by atoms with van der Waals surface area (Å²) in [6.45, 7) is 0.124. The lowest BCUT2D eigenvalue weighted by Gasteiger charge is -2.11. The van der Waals surface area contributed by atoms with Gasteiger partial charge in [-0.2, -0.15) is 13.2 Å². The molecule has 0 aliphatic rings. The minimum absolute atomic E-state index is 0.00953. The van der Waals surface area contributed by atoms with Gasteiger partial charge in [0.15, 0.2) is 0 Å². The Hall–Kier alpha value is -2.35. The van der Waals surface area contributed by atoms with Crippen molar-refractivity contribution in [1.82, 2.24) is 10.2 Å². The van der Waals surface area contributed by atoms with Crippen LogP contribution in [0.4, 0.5) is 18.9 Å². The minimum Gasteiger partial charge on any atom is -0.419 e. The summed E-state index contributed by atoms with van der Waals surface area (Å²) in [5.74, 6) is 0.643. The molecule has 1 N–H and O–H groups in total. The van der Waals surface area contributed by atoms with Crippen LogP contribution >= 0.6 is 15.9 Å². The van der Waals surface area contributed by atoms with Crippen molar-refractivity contribution in [2.24, 2.45) is 0 Å². The lowest BCUT2D eigenvalue weighted by molar-refractivity contribution is -0.138. The number of halogens is 4. The van der Waals surface area contributed by atoms with Gasteiger partial charge in [-0.25, -0.2) is 0 Å². The van der Waals surface area contributed by atoms with E-state index in [1.165, 1.54) is 12.1 Å². The van der Waals surface area contributed by atoms with Crippen molar-refractivity contribution in [3.8, 4) is 11.5 Å². The highest BCUT2D eigenvalue weighted by molar-refractivity contribution is 9.10. The molecule has 124 valence electrons. The molecular weight excluding hydrogens is 387 g/mol. The van der Waals surface area contributed by atoms with E-state index in [0.29, 0.717) is 11.6 Å². The van der Waals surface area contributed by atoms with Crippen molar-refractivity contribution in [2.45, 2.75) is 12.7 Å². The normalized spacial score (nSPS) is 11.5. The summed E-state index contributed by atoms with van der Waals surface area (Å²) in [7, 11) is 0. The van der Waals surface area contributed by atoms with Gasteiger partial charge < -0.3 is 9.73 Å². The first-order valence-electron chi connectivity index (χ1n) is 6.92. The van der Waals surface area contributed by atoms with Gasteiger partial charge in [0, 0.05) is 15.7 Å². The average Bonchev–Trinajstić information content (AvgIpc) is 3.03. The Morgan fingerprint density at radius 2 is 1.79 bits per heavy atom. The maximum Gasteiger partial charge on any atom is 0.417 e. The van der Waals surface area contributed by atoms with E-state index >= 15 is 0 Å². The van der Waals surface area contributed by atoms with Gasteiger partial charge in [0.1, 0.15) is 0 Å². The van der Waals surface area contributed by atoms with Crippen molar-refractivity contribution >= 4 is 21.6 Å². The molecule has 0 saturated heterocycles. The molecule has 0 bridgehead atoms. The molecule has 0 radical (unpaired) electrons. The van der Waals surface area contributed by atoms with E-state index in [9.17, 15) is 13.2 Å². The number of aromatic nitrogens is 2. The number of rotatable bonds is 4. The predicted molar refractivity (Wildman–Crippen MR) is 86.2 cm³/mol. The van der Waals surface area contributed by atoms with Gasteiger partial charge in [0.25, 0.3) is 0 Å². The van der Waals surface area contributed by atoms with Crippen molar-refractivity contribution < 1.29 is 17.6 Å². The molecular formula is C16H11BrF3N3O. The van der Waals surface area contributed by atoms with Crippen LogP contribution in [0.2, 0.25) is 0 Å². The number of hydrogen-bond donors (Lipinski definition) is 1. The number of alkyl halides is 3. The van der Waals surface area contributed by atoms with E-state index in [1.807, 2.05) is 30.3 Å². The second-order valence-corrected chi connectivity index (χ2v) is 5.77. The minimum atomic E-state index is -4.43. The van der Waals surface area contributed by atoms with E-state index in [2.05, 4.69) is 31.4 Å².